The third kappa shape index (κ3) is 3.23. The van der Waals surface area contributed by atoms with E-state index < -0.39 is 25.1 Å². The molecule has 0 spiro atoms. The number of sulfone groups is 1. The Kier molecular flexibility index (Phi) is 4.30. The van der Waals surface area contributed by atoms with Crippen LogP contribution in [-0.2, 0) is 19.9 Å². The molecule has 2 rings (SSSR count). The summed E-state index contributed by atoms with van der Waals surface area (Å²) in [5, 5.41) is 2.19. The van der Waals surface area contributed by atoms with Gasteiger partial charge in [0.25, 0.3) is 0 Å². The van der Waals surface area contributed by atoms with Gasteiger partial charge in [-0.15, -0.1) is 0 Å². The van der Waals surface area contributed by atoms with Gasteiger partial charge in [-0.3, -0.25) is 0 Å². The first-order chi connectivity index (χ1) is 8.42. The molecule has 0 aliphatic carbocycles. The lowest BCUT2D eigenvalue weighted by molar-refractivity contribution is 0.488. The minimum absolute atomic E-state index is 0.0363. The first kappa shape index (κ1) is 14.2. The smallest absolute Gasteiger partial charge is 0.214 e. The minimum atomic E-state index is -3.38. The summed E-state index contributed by atoms with van der Waals surface area (Å²) < 4.78 is 49.8. The topological polar surface area (TPSA) is 92.3 Å². The molecule has 2 saturated heterocycles. The van der Waals surface area contributed by atoms with Gasteiger partial charge < -0.3 is 5.32 Å². The van der Waals surface area contributed by atoms with Crippen molar-refractivity contribution < 1.29 is 16.8 Å². The van der Waals surface area contributed by atoms with Crippen LogP contribution < -0.4 is 10.0 Å². The fourth-order valence-corrected chi connectivity index (χ4v) is 5.92. The lowest BCUT2D eigenvalue weighted by Gasteiger charge is -2.23. The number of nitrogens with one attached hydrogen (secondary N) is 2. The summed E-state index contributed by atoms with van der Waals surface area (Å²) in [6, 6.07) is 0. The van der Waals surface area contributed by atoms with Crippen molar-refractivity contribution in [2.75, 3.05) is 25.4 Å². The molecule has 8 heteroatoms. The number of piperidine rings is 1. The Bertz CT molecular complexity index is 480. The van der Waals surface area contributed by atoms with Crippen LogP contribution in [0.15, 0.2) is 0 Å². The molecule has 18 heavy (non-hydrogen) atoms. The zero-order valence-electron chi connectivity index (χ0n) is 10.3. The molecule has 2 N–H and O–H groups in total. The summed E-state index contributed by atoms with van der Waals surface area (Å²) in [7, 11) is -6.45. The van der Waals surface area contributed by atoms with Crippen molar-refractivity contribution in [3.8, 4) is 0 Å². The molecule has 2 fully saturated rings. The van der Waals surface area contributed by atoms with E-state index in [1.807, 2.05) is 0 Å². The van der Waals surface area contributed by atoms with Gasteiger partial charge in [0.2, 0.25) is 10.0 Å². The van der Waals surface area contributed by atoms with Crippen LogP contribution in [0, 0.1) is 0 Å². The van der Waals surface area contributed by atoms with Crippen LogP contribution in [0.4, 0.5) is 0 Å². The molecule has 0 bridgehead atoms. The van der Waals surface area contributed by atoms with E-state index in [1.165, 1.54) is 0 Å². The third-order valence-corrected chi connectivity index (χ3v) is 7.89. The maximum Gasteiger partial charge on any atom is 0.214 e. The molecule has 2 heterocycles. The van der Waals surface area contributed by atoms with Gasteiger partial charge in [0.05, 0.1) is 16.3 Å². The largest absolute Gasteiger partial charge is 0.317 e. The number of sulfonamides is 1. The molecule has 0 aromatic heterocycles. The van der Waals surface area contributed by atoms with Crippen LogP contribution in [0.25, 0.3) is 0 Å². The first-order valence-corrected chi connectivity index (χ1v) is 9.59. The molecular weight excluding hydrogens is 276 g/mol. The Morgan fingerprint density at radius 2 is 1.83 bits per heavy atom. The molecule has 0 radical (unpaired) electrons. The predicted molar refractivity (Wildman–Crippen MR) is 69.6 cm³/mol. The zero-order chi connectivity index (χ0) is 13.2. The maximum absolute atomic E-state index is 12.0. The zero-order valence-corrected chi connectivity index (χ0v) is 11.9. The molecular formula is C10H20N2O4S2. The van der Waals surface area contributed by atoms with E-state index in [0.29, 0.717) is 38.8 Å². The molecule has 1 unspecified atom stereocenters. The fourth-order valence-electron chi connectivity index (χ4n) is 2.52. The van der Waals surface area contributed by atoms with Gasteiger partial charge >= 0.3 is 0 Å². The molecule has 106 valence electrons. The van der Waals surface area contributed by atoms with Crippen LogP contribution in [-0.4, -0.2) is 52.7 Å². The SMILES string of the molecule is O=S1(=O)CCCC1CNS(=O)(=O)C1CCNCC1. The third-order valence-electron chi connectivity index (χ3n) is 3.70. The molecule has 0 aromatic carbocycles. The van der Waals surface area contributed by atoms with Crippen molar-refractivity contribution in [1.29, 1.82) is 0 Å². The van der Waals surface area contributed by atoms with Gasteiger partial charge in [-0.1, -0.05) is 0 Å². The maximum atomic E-state index is 12.0. The summed E-state index contributed by atoms with van der Waals surface area (Å²) in [6.45, 7) is 1.44. The fraction of sp³-hybridized carbons (Fsp3) is 1.00. The summed E-state index contributed by atoms with van der Waals surface area (Å²) in [4.78, 5) is 0. The Morgan fingerprint density at radius 1 is 1.17 bits per heavy atom. The van der Waals surface area contributed by atoms with Gasteiger partial charge in [0.1, 0.15) is 0 Å². The Morgan fingerprint density at radius 3 is 2.39 bits per heavy atom. The Labute approximate surface area is 108 Å². The van der Waals surface area contributed by atoms with Gasteiger partial charge in [0.15, 0.2) is 9.84 Å². The monoisotopic (exact) mass is 296 g/mol. The second kappa shape index (κ2) is 5.44. The van der Waals surface area contributed by atoms with E-state index in [0.717, 1.165) is 0 Å². The van der Waals surface area contributed by atoms with Gasteiger partial charge in [-0.25, -0.2) is 21.6 Å². The van der Waals surface area contributed by atoms with E-state index in [2.05, 4.69) is 10.0 Å². The lowest BCUT2D eigenvalue weighted by atomic mass is 10.2. The second-order valence-electron chi connectivity index (χ2n) is 4.97. The average molecular weight is 296 g/mol. The van der Waals surface area contributed by atoms with Crippen LogP contribution in [0.5, 0.6) is 0 Å². The summed E-state index contributed by atoms with van der Waals surface area (Å²) >= 11 is 0. The summed E-state index contributed by atoms with van der Waals surface area (Å²) in [5.74, 6) is 0.187. The van der Waals surface area contributed by atoms with E-state index in [9.17, 15) is 16.8 Å². The highest BCUT2D eigenvalue weighted by Crippen LogP contribution is 2.20. The highest BCUT2D eigenvalue weighted by atomic mass is 32.2. The molecule has 2 aliphatic rings. The number of hydrogen-bond donors (Lipinski definition) is 2. The van der Waals surface area contributed by atoms with Gasteiger partial charge in [-0.05, 0) is 38.8 Å². The Balaban J connectivity index is 1.92. The highest BCUT2D eigenvalue weighted by molar-refractivity contribution is 7.92. The first-order valence-electron chi connectivity index (χ1n) is 6.32. The quantitative estimate of drug-likeness (QED) is 0.711. The Hall–Kier alpha value is -0.180. The normalized spacial score (nSPS) is 29.4. The summed E-state index contributed by atoms with van der Waals surface area (Å²) in [5.41, 5.74) is 0. The highest BCUT2D eigenvalue weighted by Gasteiger charge is 2.34. The van der Waals surface area contributed by atoms with E-state index >= 15 is 0 Å². The second-order valence-corrected chi connectivity index (χ2v) is 9.42. The predicted octanol–water partition coefficient (Wildman–Crippen LogP) is -0.765. The van der Waals surface area contributed by atoms with Crippen LogP contribution >= 0.6 is 0 Å². The van der Waals surface area contributed by atoms with Crippen molar-refractivity contribution in [3.05, 3.63) is 0 Å². The van der Waals surface area contributed by atoms with E-state index in [4.69, 9.17) is 0 Å². The molecule has 2 aliphatic heterocycles. The molecule has 0 saturated carbocycles. The van der Waals surface area contributed by atoms with Gasteiger partial charge in [0, 0.05) is 6.54 Å². The van der Waals surface area contributed by atoms with Crippen LogP contribution in [0.3, 0.4) is 0 Å². The van der Waals surface area contributed by atoms with Crippen molar-refractivity contribution >= 4 is 19.9 Å². The molecule has 0 amide bonds. The van der Waals surface area contributed by atoms with Crippen LogP contribution in [0.2, 0.25) is 0 Å². The van der Waals surface area contributed by atoms with Crippen molar-refractivity contribution in [3.63, 3.8) is 0 Å². The molecule has 1 atom stereocenters. The summed E-state index contributed by atoms with van der Waals surface area (Å²) in [6.07, 6.45) is 2.39. The van der Waals surface area contributed by atoms with E-state index in [-0.39, 0.29) is 17.5 Å². The minimum Gasteiger partial charge on any atom is -0.317 e. The van der Waals surface area contributed by atoms with Gasteiger partial charge in [-0.2, -0.15) is 0 Å². The van der Waals surface area contributed by atoms with Crippen molar-refractivity contribution in [2.24, 2.45) is 0 Å². The lowest BCUT2D eigenvalue weighted by Crippen LogP contribution is -2.44. The molecule has 6 nitrogen and oxygen atoms in total. The molecule has 0 aromatic rings. The van der Waals surface area contributed by atoms with E-state index in [1.54, 1.807) is 0 Å². The number of hydrogen-bond acceptors (Lipinski definition) is 5. The average Bonchev–Trinajstić information content (AvgIpc) is 2.67. The van der Waals surface area contributed by atoms with Crippen molar-refractivity contribution in [2.45, 2.75) is 36.2 Å². The number of rotatable bonds is 4. The van der Waals surface area contributed by atoms with Crippen LogP contribution in [0.1, 0.15) is 25.7 Å². The van der Waals surface area contributed by atoms with Crippen molar-refractivity contribution in [1.82, 2.24) is 10.0 Å². The standard InChI is InChI=1S/C10H20N2O4S2/c13-17(14)7-1-2-10(17)8-12-18(15,16)9-3-5-11-6-4-9/h9-12H,1-8H2.